The van der Waals surface area contributed by atoms with Crippen LogP contribution >= 0.6 is 0 Å². The second-order valence-electron chi connectivity index (χ2n) is 15.5. The average Bonchev–Trinajstić information content (AvgIpc) is 3.15. The summed E-state index contributed by atoms with van der Waals surface area (Å²) < 4.78 is -2.52. The van der Waals surface area contributed by atoms with Crippen LogP contribution in [0.2, 0.25) is 0 Å². The Bertz CT molecular complexity index is 2260. The molecule has 1 rings (SSSR count). The molecule has 0 aliphatic rings. The summed E-state index contributed by atoms with van der Waals surface area (Å²) in [5.74, 6) is -24.8. The van der Waals surface area contributed by atoms with Gasteiger partial charge in [0.05, 0.1) is 0 Å². The molecule has 0 aliphatic heterocycles. The van der Waals surface area contributed by atoms with Gasteiger partial charge in [-0.3, -0.25) is 43.2 Å². The normalized spacial score (nSPS) is 14.0. The number of nitrogens with zero attached hydrogens (tertiary/aromatic N) is 3. The smallest absolute Gasteiger partial charge is 0.341 e. The lowest BCUT2D eigenvalue weighted by Gasteiger charge is -2.40. The highest BCUT2D eigenvalue weighted by Crippen LogP contribution is 2.36. The SMILES string of the molecule is C=C(C)C(=O)C(C(=O)C(=C)C)C(O)(C(=O)C(=C)C)n1c(=O)n(C(O)(C(=O)C(=C)C)C(C(=O)C(=C)C)C(=O)C(=C)C)c(=O)n(C(O)(C(=O)C(=C)C)C(C(=O)C(=C)C)C(=O)C(=C)C)c1=O. The van der Waals surface area contributed by atoms with E-state index in [1.165, 1.54) is 0 Å². The third-order valence-corrected chi connectivity index (χ3v) is 9.64. The van der Waals surface area contributed by atoms with Crippen LogP contribution in [0.4, 0.5) is 0 Å². The summed E-state index contributed by atoms with van der Waals surface area (Å²) in [6.07, 6.45) is 0. The van der Waals surface area contributed by atoms with Gasteiger partial charge in [-0.15, -0.1) is 0 Å². The second kappa shape index (κ2) is 18.9. The van der Waals surface area contributed by atoms with E-state index in [4.69, 9.17) is 0 Å². The van der Waals surface area contributed by atoms with E-state index >= 15 is 14.4 Å². The van der Waals surface area contributed by atoms with Crippen molar-refractivity contribution in [1.82, 2.24) is 13.7 Å². The van der Waals surface area contributed by atoms with Crippen molar-refractivity contribution in [3.63, 3.8) is 0 Å². The maximum atomic E-state index is 15.3. The van der Waals surface area contributed by atoms with Gasteiger partial charge in [0.25, 0.3) is 0 Å². The molecule has 0 spiro atoms. The molecule has 0 radical (unpaired) electrons. The minimum absolute atomic E-state index is 0.648. The number of carbonyl (C=O) groups excluding carboxylic acids is 9. The predicted octanol–water partition coefficient (Wildman–Crippen LogP) is 1.26. The number of allylic oxidation sites excluding steroid dienone is 6. The quantitative estimate of drug-likeness (QED) is 0.0974. The molecule has 336 valence electrons. The number of hydrogen-bond acceptors (Lipinski definition) is 15. The molecule has 3 N–H and O–H groups in total. The molecule has 18 heteroatoms. The molecule has 3 unspecified atom stereocenters. The molecule has 0 amide bonds. The van der Waals surface area contributed by atoms with Crippen molar-refractivity contribution >= 4 is 52.0 Å². The summed E-state index contributed by atoms with van der Waals surface area (Å²) in [6.45, 7) is 38.8. The highest BCUT2D eigenvalue weighted by Gasteiger charge is 2.62. The molecule has 0 bridgehead atoms. The van der Waals surface area contributed by atoms with Crippen LogP contribution in [0.3, 0.4) is 0 Å². The summed E-state index contributed by atoms with van der Waals surface area (Å²) in [7, 11) is 0. The molecule has 1 aromatic heterocycles. The lowest BCUT2D eigenvalue weighted by atomic mass is 9.77. The molecule has 0 fully saturated rings. The number of aromatic nitrogens is 3. The van der Waals surface area contributed by atoms with Crippen LogP contribution < -0.4 is 17.1 Å². The van der Waals surface area contributed by atoms with Crippen LogP contribution in [0.5, 0.6) is 0 Å². The Kier molecular flexibility index (Phi) is 16.2. The van der Waals surface area contributed by atoms with Crippen molar-refractivity contribution in [3.8, 4) is 0 Å². The zero-order valence-corrected chi connectivity index (χ0v) is 36.7. The summed E-state index contributed by atoms with van der Waals surface area (Å²) in [5.41, 5.74) is -27.5. The molecule has 0 saturated carbocycles. The Morgan fingerprint density at radius 2 is 0.460 bits per heavy atom. The zero-order valence-electron chi connectivity index (χ0n) is 36.7. The molecule has 0 aromatic carbocycles. The minimum atomic E-state index is -4.40. The average molecular weight is 874 g/mol. The van der Waals surface area contributed by atoms with Crippen molar-refractivity contribution in [2.24, 2.45) is 17.8 Å². The van der Waals surface area contributed by atoms with E-state index in [-0.39, 0.29) is 0 Å². The minimum Gasteiger partial charge on any atom is -0.363 e. The van der Waals surface area contributed by atoms with Gasteiger partial charge in [0.1, 0.15) is 17.8 Å². The van der Waals surface area contributed by atoms with Gasteiger partial charge in [0, 0.05) is 0 Å². The van der Waals surface area contributed by atoms with Crippen molar-refractivity contribution in [2.75, 3.05) is 0 Å². The second-order valence-corrected chi connectivity index (χ2v) is 15.5. The van der Waals surface area contributed by atoms with E-state index in [1.54, 1.807) is 0 Å². The number of rotatable bonds is 24. The standard InChI is InChI=1S/C45H51N3O15/c1-19(2)31(49)28(32(50)20(3)4)43(61,37(55)25(13)14)46-40(58)47(44(62,38(56)26(15)16)29(33(51)21(5)6)34(52)22(7)8)42(60)48(41(46)59)45(63,39(57)27(17)18)30(35(53)23(9)10)36(54)24(11)12/h28-30,61-63H,1,3,5,7,9,11,13,15,17H2,2,4,6,8,10,12,14,16,18H3. The lowest BCUT2D eigenvalue weighted by Crippen LogP contribution is -2.74. The maximum Gasteiger partial charge on any atom is 0.341 e. The van der Waals surface area contributed by atoms with Gasteiger partial charge in [-0.25, -0.2) is 28.1 Å². The summed E-state index contributed by atoms with van der Waals surface area (Å²) in [4.78, 5) is 173. The first-order valence-corrected chi connectivity index (χ1v) is 18.4. The highest BCUT2D eigenvalue weighted by atomic mass is 16.4. The zero-order chi connectivity index (χ0) is 50.1. The number of carbonyl (C=O) groups is 9. The van der Waals surface area contributed by atoms with Gasteiger partial charge in [-0.2, -0.15) is 0 Å². The van der Waals surface area contributed by atoms with Crippen LogP contribution in [0.15, 0.2) is 124 Å². The van der Waals surface area contributed by atoms with E-state index in [0.717, 1.165) is 62.3 Å². The first-order chi connectivity index (χ1) is 28.4. The van der Waals surface area contributed by atoms with Gasteiger partial charge in [0.15, 0.2) is 34.7 Å². The summed E-state index contributed by atoms with van der Waals surface area (Å²) in [6, 6.07) is 0. The Hall–Kier alpha value is -7.02. The van der Waals surface area contributed by atoms with Gasteiger partial charge in [-0.1, -0.05) is 59.2 Å². The van der Waals surface area contributed by atoms with Crippen molar-refractivity contribution in [1.29, 1.82) is 0 Å². The van der Waals surface area contributed by atoms with E-state index in [2.05, 4.69) is 59.2 Å². The fourth-order valence-corrected chi connectivity index (χ4v) is 6.38. The largest absolute Gasteiger partial charge is 0.363 e. The predicted molar refractivity (Wildman–Crippen MR) is 229 cm³/mol. The highest BCUT2D eigenvalue weighted by molar-refractivity contribution is 6.21. The monoisotopic (exact) mass is 873 g/mol. The van der Waals surface area contributed by atoms with E-state index in [0.29, 0.717) is 0 Å². The summed E-state index contributed by atoms with van der Waals surface area (Å²) in [5, 5.41) is 38.5. The summed E-state index contributed by atoms with van der Waals surface area (Å²) >= 11 is 0. The molecule has 0 saturated heterocycles. The Labute approximate surface area is 361 Å². The molecule has 1 heterocycles. The van der Waals surface area contributed by atoms with Crippen molar-refractivity contribution in [3.05, 3.63) is 141 Å². The van der Waals surface area contributed by atoms with Crippen LogP contribution in [-0.4, -0.2) is 81.1 Å². The third kappa shape index (κ3) is 9.00. The lowest BCUT2D eigenvalue weighted by molar-refractivity contribution is -0.176. The Morgan fingerprint density at radius 3 is 0.556 bits per heavy atom. The molecule has 63 heavy (non-hydrogen) atoms. The molecule has 3 atom stereocenters. The number of ketones is 9. The molecular formula is C45H51N3O15. The molecule has 1 aromatic rings. The van der Waals surface area contributed by atoms with Gasteiger partial charge in [-0.05, 0) is 112 Å². The first kappa shape index (κ1) is 54.0. The topological polar surface area (TPSA) is 280 Å². The number of hydrogen-bond donors (Lipinski definition) is 3. The van der Waals surface area contributed by atoms with Crippen molar-refractivity contribution < 1.29 is 58.5 Å². The van der Waals surface area contributed by atoms with E-state index in [1.807, 2.05) is 0 Å². The fourth-order valence-electron chi connectivity index (χ4n) is 6.38. The Balaban J connectivity index is 5.93. The van der Waals surface area contributed by atoms with Gasteiger partial charge in [0.2, 0.25) is 34.5 Å². The first-order valence-electron chi connectivity index (χ1n) is 18.4. The third-order valence-electron chi connectivity index (χ3n) is 9.64. The van der Waals surface area contributed by atoms with Crippen LogP contribution in [0.25, 0.3) is 0 Å². The Morgan fingerprint density at radius 1 is 0.333 bits per heavy atom. The van der Waals surface area contributed by atoms with Gasteiger partial charge < -0.3 is 15.3 Å². The molecule has 0 aliphatic carbocycles. The molecular weight excluding hydrogens is 823 g/mol. The number of Topliss-reactive ketones (excluding diaryl/α,β-unsaturated/α-hetero) is 9. The van der Waals surface area contributed by atoms with Crippen LogP contribution in [-0.2, 0) is 60.3 Å². The van der Waals surface area contributed by atoms with Crippen molar-refractivity contribution in [2.45, 2.75) is 79.5 Å². The van der Waals surface area contributed by atoms with Crippen LogP contribution in [0.1, 0.15) is 62.3 Å². The van der Waals surface area contributed by atoms with E-state index in [9.17, 15) is 58.5 Å². The van der Waals surface area contributed by atoms with E-state index < -0.39 is 168 Å². The fraction of sp³-hybridized carbons (Fsp3) is 0.333. The number of aliphatic hydroxyl groups is 3. The molecule has 18 nitrogen and oxygen atoms in total. The van der Waals surface area contributed by atoms with Gasteiger partial charge >= 0.3 is 17.1 Å². The maximum absolute atomic E-state index is 15.3. The van der Waals surface area contributed by atoms with Crippen LogP contribution in [0, 0.1) is 17.8 Å².